The lowest BCUT2D eigenvalue weighted by molar-refractivity contribution is 1.06. The molecule has 0 saturated heterocycles. The minimum Gasteiger partial charge on any atom is -0.325 e. The molecule has 0 aliphatic carbocycles. The molecule has 3 rings (SSSR count). The highest BCUT2D eigenvalue weighted by molar-refractivity contribution is 9.10. The molecule has 0 fully saturated rings. The molecule has 0 atom stereocenters. The smallest absolute Gasteiger partial charge is 0.212 e. The van der Waals surface area contributed by atoms with E-state index in [1.165, 1.54) is 0 Å². The average molecular weight is 349 g/mol. The number of hydrogen-bond donors (Lipinski definition) is 1. The first-order chi connectivity index (χ1) is 9.74. The van der Waals surface area contributed by atoms with Crippen molar-refractivity contribution < 1.29 is 0 Å². The summed E-state index contributed by atoms with van der Waals surface area (Å²) in [5.74, 6) is 0.755. The largest absolute Gasteiger partial charge is 0.325 e. The maximum atomic E-state index is 6.02. The molecular formula is C15H11BrClN3. The van der Waals surface area contributed by atoms with E-state index in [9.17, 15) is 0 Å². The van der Waals surface area contributed by atoms with Gasteiger partial charge in [-0.05, 0) is 46.3 Å². The van der Waals surface area contributed by atoms with E-state index >= 15 is 0 Å². The zero-order chi connectivity index (χ0) is 13.9. The van der Waals surface area contributed by atoms with E-state index in [-0.39, 0.29) is 0 Å². The SMILES string of the molecule is Clc1ccc(-n2ccnc2Nc2ccccc2)cc1Br. The number of halogens is 2. The van der Waals surface area contributed by atoms with Gasteiger partial charge in [0.05, 0.1) is 5.02 Å². The lowest BCUT2D eigenvalue weighted by Crippen LogP contribution is -2.01. The molecule has 0 radical (unpaired) electrons. The van der Waals surface area contributed by atoms with Gasteiger partial charge in [-0.25, -0.2) is 4.98 Å². The fourth-order valence-corrected chi connectivity index (χ4v) is 2.37. The highest BCUT2D eigenvalue weighted by atomic mass is 79.9. The van der Waals surface area contributed by atoms with Crippen LogP contribution < -0.4 is 5.32 Å². The third-order valence-corrected chi connectivity index (χ3v) is 4.07. The third-order valence-electron chi connectivity index (χ3n) is 2.85. The molecule has 0 saturated carbocycles. The summed E-state index contributed by atoms with van der Waals surface area (Å²) in [7, 11) is 0. The van der Waals surface area contributed by atoms with Gasteiger partial charge in [-0.1, -0.05) is 29.8 Å². The second-order valence-corrected chi connectivity index (χ2v) is 5.47. The molecule has 5 heteroatoms. The van der Waals surface area contributed by atoms with Crippen molar-refractivity contribution in [1.29, 1.82) is 0 Å². The molecule has 1 N–H and O–H groups in total. The van der Waals surface area contributed by atoms with E-state index < -0.39 is 0 Å². The van der Waals surface area contributed by atoms with Gasteiger partial charge in [0.25, 0.3) is 0 Å². The summed E-state index contributed by atoms with van der Waals surface area (Å²) in [5.41, 5.74) is 1.98. The molecule has 2 aromatic carbocycles. The van der Waals surface area contributed by atoms with Gasteiger partial charge in [-0.15, -0.1) is 0 Å². The zero-order valence-electron chi connectivity index (χ0n) is 10.4. The fourth-order valence-electron chi connectivity index (χ4n) is 1.89. The Bertz CT molecular complexity index is 725. The molecule has 3 nitrogen and oxygen atoms in total. The van der Waals surface area contributed by atoms with Crippen molar-refractivity contribution in [2.75, 3.05) is 5.32 Å². The Morgan fingerprint density at radius 1 is 1.10 bits per heavy atom. The fraction of sp³-hybridized carbons (Fsp3) is 0. The summed E-state index contributed by atoms with van der Waals surface area (Å²) in [6.07, 6.45) is 3.66. The second-order valence-electron chi connectivity index (χ2n) is 4.21. The molecule has 1 heterocycles. The number of nitrogens with zero attached hydrogens (tertiary/aromatic N) is 2. The quantitative estimate of drug-likeness (QED) is 0.719. The van der Waals surface area contributed by atoms with Crippen LogP contribution >= 0.6 is 27.5 Å². The molecule has 0 unspecified atom stereocenters. The molecule has 0 aliphatic heterocycles. The van der Waals surface area contributed by atoms with Crippen LogP contribution in [-0.2, 0) is 0 Å². The number of anilines is 2. The van der Waals surface area contributed by atoms with Crippen molar-refractivity contribution in [1.82, 2.24) is 9.55 Å². The number of hydrogen-bond acceptors (Lipinski definition) is 2. The van der Waals surface area contributed by atoms with Crippen LogP contribution in [0.1, 0.15) is 0 Å². The summed E-state index contributed by atoms with van der Waals surface area (Å²) in [6.45, 7) is 0. The molecule has 0 bridgehead atoms. The van der Waals surface area contributed by atoms with Gasteiger partial charge >= 0.3 is 0 Å². The first-order valence-corrected chi connectivity index (χ1v) is 7.22. The summed E-state index contributed by atoms with van der Waals surface area (Å²) in [4.78, 5) is 4.34. The molecule has 0 amide bonds. The van der Waals surface area contributed by atoms with Crippen molar-refractivity contribution in [2.24, 2.45) is 0 Å². The Hall–Kier alpha value is -1.78. The van der Waals surface area contributed by atoms with Crippen molar-refractivity contribution in [3.8, 4) is 5.69 Å². The van der Waals surface area contributed by atoms with Crippen LogP contribution in [0.2, 0.25) is 5.02 Å². The van der Waals surface area contributed by atoms with Gasteiger partial charge < -0.3 is 5.32 Å². The number of benzene rings is 2. The molecule has 3 aromatic rings. The minimum atomic E-state index is 0.687. The number of nitrogens with one attached hydrogen (secondary N) is 1. The van der Waals surface area contributed by atoms with E-state index in [1.807, 2.05) is 59.3 Å². The molecule has 20 heavy (non-hydrogen) atoms. The number of rotatable bonds is 3. The van der Waals surface area contributed by atoms with E-state index in [4.69, 9.17) is 11.6 Å². The van der Waals surface area contributed by atoms with Crippen LogP contribution in [0.4, 0.5) is 11.6 Å². The number of imidazole rings is 1. The van der Waals surface area contributed by atoms with Gasteiger partial charge in [0.2, 0.25) is 5.95 Å². The highest BCUT2D eigenvalue weighted by Gasteiger charge is 2.07. The van der Waals surface area contributed by atoms with Gasteiger partial charge in [0, 0.05) is 28.2 Å². The first-order valence-electron chi connectivity index (χ1n) is 6.05. The zero-order valence-corrected chi connectivity index (χ0v) is 12.8. The summed E-state index contributed by atoms with van der Waals surface area (Å²) < 4.78 is 2.82. The maximum Gasteiger partial charge on any atom is 0.212 e. The van der Waals surface area contributed by atoms with Gasteiger partial charge in [0.1, 0.15) is 0 Å². The number of aromatic nitrogens is 2. The molecule has 0 spiro atoms. The molecule has 0 aliphatic rings. The van der Waals surface area contributed by atoms with Crippen molar-refractivity contribution >= 4 is 39.2 Å². The van der Waals surface area contributed by atoms with E-state index in [0.717, 1.165) is 21.8 Å². The Morgan fingerprint density at radius 3 is 2.65 bits per heavy atom. The van der Waals surface area contributed by atoms with E-state index in [2.05, 4.69) is 26.2 Å². The van der Waals surface area contributed by atoms with Crippen LogP contribution in [0.25, 0.3) is 5.69 Å². The minimum absolute atomic E-state index is 0.687. The predicted molar refractivity (Wildman–Crippen MR) is 86.0 cm³/mol. The van der Waals surface area contributed by atoms with E-state index in [0.29, 0.717) is 5.02 Å². The van der Waals surface area contributed by atoms with Crippen molar-refractivity contribution in [3.63, 3.8) is 0 Å². The Balaban J connectivity index is 1.95. The van der Waals surface area contributed by atoms with Crippen LogP contribution in [-0.4, -0.2) is 9.55 Å². The van der Waals surface area contributed by atoms with Gasteiger partial charge in [-0.3, -0.25) is 4.57 Å². The lowest BCUT2D eigenvalue weighted by atomic mass is 10.3. The number of para-hydroxylation sites is 1. The van der Waals surface area contributed by atoms with Gasteiger partial charge in [-0.2, -0.15) is 0 Å². The lowest BCUT2D eigenvalue weighted by Gasteiger charge is -2.10. The van der Waals surface area contributed by atoms with Crippen LogP contribution in [0.5, 0.6) is 0 Å². The molecule has 100 valence electrons. The second kappa shape index (κ2) is 5.69. The van der Waals surface area contributed by atoms with Crippen LogP contribution in [0, 0.1) is 0 Å². The van der Waals surface area contributed by atoms with Crippen LogP contribution in [0.3, 0.4) is 0 Å². The predicted octanol–water partition coefficient (Wildman–Crippen LogP) is 5.03. The van der Waals surface area contributed by atoms with Crippen molar-refractivity contribution in [2.45, 2.75) is 0 Å². The topological polar surface area (TPSA) is 29.9 Å². The Labute approximate surface area is 130 Å². The monoisotopic (exact) mass is 347 g/mol. The maximum absolute atomic E-state index is 6.02. The third kappa shape index (κ3) is 2.71. The van der Waals surface area contributed by atoms with Crippen molar-refractivity contribution in [3.05, 3.63) is 70.4 Å². The van der Waals surface area contributed by atoms with Gasteiger partial charge in [0.15, 0.2) is 0 Å². The normalized spacial score (nSPS) is 10.5. The highest BCUT2D eigenvalue weighted by Crippen LogP contribution is 2.27. The van der Waals surface area contributed by atoms with E-state index in [1.54, 1.807) is 6.20 Å². The molecule has 1 aromatic heterocycles. The summed E-state index contributed by atoms with van der Waals surface area (Å²) >= 11 is 9.46. The Morgan fingerprint density at radius 2 is 1.90 bits per heavy atom. The summed E-state index contributed by atoms with van der Waals surface area (Å²) in [5, 5.41) is 3.98. The standard InChI is InChI=1S/C15H11BrClN3/c16-13-10-12(6-7-14(13)17)20-9-8-18-15(20)19-11-4-2-1-3-5-11/h1-10H,(H,18,19). The molecular weight excluding hydrogens is 338 g/mol. The average Bonchev–Trinajstić information content (AvgIpc) is 2.91. The summed E-state index contributed by atoms with van der Waals surface area (Å²) in [6, 6.07) is 15.7. The first kappa shape index (κ1) is 13.2. The Kier molecular flexibility index (Phi) is 3.76. The van der Waals surface area contributed by atoms with Crippen LogP contribution in [0.15, 0.2) is 65.4 Å².